The van der Waals surface area contributed by atoms with E-state index in [2.05, 4.69) is 25.9 Å². The lowest BCUT2D eigenvalue weighted by Crippen LogP contribution is -2.57. The summed E-state index contributed by atoms with van der Waals surface area (Å²) < 4.78 is 0. The molecule has 1 rings (SSSR count). The van der Waals surface area contributed by atoms with Crippen LogP contribution in [-0.2, 0) is 9.59 Å². The van der Waals surface area contributed by atoms with Crippen molar-refractivity contribution in [2.75, 3.05) is 0 Å². The van der Waals surface area contributed by atoms with Gasteiger partial charge >= 0.3 is 7.12 Å². The molecular formula is C22H38BN5O5. The average molecular weight is 463 g/mol. The summed E-state index contributed by atoms with van der Waals surface area (Å²) in [6.07, 6.45) is 5.22. The lowest BCUT2D eigenvalue weighted by molar-refractivity contribution is -0.130. The summed E-state index contributed by atoms with van der Waals surface area (Å²) >= 11 is 0. The summed E-state index contributed by atoms with van der Waals surface area (Å²) in [5.41, 5.74) is 0.0870. The quantitative estimate of drug-likeness (QED) is 0.270. The SMILES string of the molecule is CC(C)C[C@H](NC(=O)[C@H](CC(C)C)NC(=O)[C@H](CC(C)C)NC(=O)c1cnccn1)B(O)O. The Morgan fingerprint density at radius 1 is 0.818 bits per heavy atom. The average Bonchev–Trinajstić information content (AvgIpc) is 2.71. The van der Waals surface area contributed by atoms with E-state index >= 15 is 0 Å². The van der Waals surface area contributed by atoms with E-state index in [9.17, 15) is 24.4 Å². The van der Waals surface area contributed by atoms with Crippen LogP contribution in [0.5, 0.6) is 0 Å². The van der Waals surface area contributed by atoms with Gasteiger partial charge in [-0.05, 0) is 37.0 Å². The van der Waals surface area contributed by atoms with E-state index < -0.39 is 42.9 Å². The summed E-state index contributed by atoms with van der Waals surface area (Å²) in [6, 6.07) is -1.77. The van der Waals surface area contributed by atoms with Crippen LogP contribution in [0.25, 0.3) is 0 Å². The number of hydrogen-bond acceptors (Lipinski definition) is 7. The predicted molar refractivity (Wildman–Crippen MR) is 126 cm³/mol. The molecule has 0 spiro atoms. The third kappa shape index (κ3) is 10.8. The van der Waals surface area contributed by atoms with E-state index in [1.165, 1.54) is 18.6 Å². The highest BCUT2D eigenvalue weighted by Crippen LogP contribution is 2.11. The smallest absolute Gasteiger partial charge is 0.426 e. The first kappa shape index (κ1) is 28.5. The molecule has 1 aromatic heterocycles. The second-order valence-electron chi connectivity index (χ2n) is 9.60. The van der Waals surface area contributed by atoms with Crippen molar-refractivity contribution in [2.45, 2.75) is 78.8 Å². The van der Waals surface area contributed by atoms with Crippen molar-refractivity contribution in [3.05, 3.63) is 24.3 Å². The molecule has 3 amide bonds. The first-order chi connectivity index (χ1) is 15.4. The van der Waals surface area contributed by atoms with Crippen LogP contribution in [-0.4, -0.2) is 62.9 Å². The van der Waals surface area contributed by atoms with E-state index in [1.807, 2.05) is 41.5 Å². The molecular weight excluding hydrogens is 425 g/mol. The van der Waals surface area contributed by atoms with Crippen molar-refractivity contribution in [2.24, 2.45) is 17.8 Å². The van der Waals surface area contributed by atoms with Crippen molar-refractivity contribution in [3.8, 4) is 0 Å². The van der Waals surface area contributed by atoms with Crippen LogP contribution >= 0.6 is 0 Å². The van der Waals surface area contributed by atoms with E-state index in [1.54, 1.807) is 0 Å². The summed E-state index contributed by atoms with van der Waals surface area (Å²) in [6.45, 7) is 11.5. The Bertz CT molecular complexity index is 761. The lowest BCUT2D eigenvalue weighted by Gasteiger charge is -2.27. The van der Waals surface area contributed by atoms with Crippen LogP contribution < -0.4 is 16.0 Å². The molecule has 0 aliphatic carbocycles. The Kier molecular flexibility index (Phi) is 12.0. The molecule has 184 valence electrons. The lowest BCUT2D eigenvalue weighted by atomic mass is 9.75. The molecule has 0 aromatic carbocycles. The van der Waals surface area contributed by atoms with Crippen LogP contribution in [0.1, 0.15) is 71.3 Å². The second kappa shape index (κ2) is 13.9. The number of carbonyl (C=O) groups is 3. The maximum Gasteiger partial charge on any atom is 0.475 e. The molecule has 10 nitrogen and oxygen atoms in total. The third-order valence-electron chi connectivity index (χ3n) is 4.88. The summed E-state index contributed by atoms with van der Waals surface area (Å²) in [5, 5.41) is 27.4. The Balaban J connectivity index is 2.98. The fourth-order valence-electron chi connectivity index (χ4n) is 3.37. The van der Waals surface area contributed by atoms with Crippen molar-refractivity contribution < 1.29 is 24.4 Å². The van der Waals surface area contributed by atoms with Crippen LogP contribution in [0.15, 0.2) is 18.6 Å². The number of hydrogen-bond donors (Lipinski definition) is 5. The van der Waals surface area contributed by atoms with Gasteiger partial charge < -0.3 is 26.0 Å². The minimum atomic E-state index is -1.72. The van der Waals surface area contributed by atoms with Crippen LogP contribution in [0, 0.1) is 17.8 Å². The molecule has 3 atom stereocenters. The molecule has 1 heterocycles. The largest absolute Gasteiger partial charge is 0.475 e. The van der Waals surface area contributed by atoms with E-state index in [-0.39, 0.29) is 23.4 Å². The molecule has 0 unspecified atom stereocenters. The Morgan fingerprint density at radius 3 is 1.79 bits per heavy atom. The number of nitrogens with zero attached hydrogens (tertiary/aromatic N) is 2. The Morgan fingerprint density at radius 2 is 1.33 bits per heavy atom. The van der Waals surface area contributed by atoms with Gasteiger partial charge in [-0.25, -0.2) is 4.98 Å². The zero-order valence-corrected chi connectivity index (χ0v) is 20.4. The van der Waals surface area contributed by atoms with Crippen LogP contribution in [0.2, 0.25) is 0 Å². The standard InChI is InChI=1S/C22H38BN5O5/c1-13(2)9-16(27-22(31)18-12-24-7-8-25-18)20(29)26-17(10-14(3)4)21(30)28-19(23(32)33)11-15(5)6/h7-8,12-17,19,32-33H,9-11H2,1-6H3,(H,26,29)(H,27,31)(H,28,30)/t16-,17-,19-/m0/s1. The van der Waals surface area contributed by atoms with Crippen LogP contribution in [0.3, 0.4) is 0 Å². The highest BCUT2D eigenvalue weighted by Gasteiger charge is 2.32. The van der Waals surface area contributed by atoms with Gasteiger partial charge in [0.2, 0.25) is 11.8 Å². The van der Waals surface area contributed by atoms with Crippen LogP contribution in [0.4, 0.5) is 0 Å². The molecule has 0 saturated carbocycles. The topological polar surface area (TPSA) is 154 Å². The number of nitrogens with one attached hydrogen (secondary N) is 3. The molecule has 33 heavy (non-hydrogen) atoms. The third-order valence-corrected chi connectivity index (χ3v) is 4.88. The summed E-state index contributed by atoms with van der Waals surface area (Å²) in [4.78, 5) is 46.4. The first-order valence-electron chi connectivity index (χ1n) is 11.4. The van der Waals surface area contributed by atoms with Crippen molar-refractivity contribution in [3.63, 3.8) is 0 Å². The van der Waals surface area contributed by atoms with Crippen molar-refractivity contribution >= 4 is 24.8 Å². The Hall–Kier alpha value is -2.53. The molecule has 0 saturated heterocycles. The van der Waals surface area contributed by atoms with Gasteiger partial charge in [0.1, 0.15) is 17.8 Å². The summed E-state index contributed by atoms with van der Waals surface area (Å²) in [7, 11) is -1.72. The van der Waals surface area contributed by atoms with Gasteiger partial charge in [-0.1, -0.05) is 41.5 Å². The molecule has 1 aromatic rings. The van der Waals surface area contributed by atoms with Crippen molar-refractivity contribution in [1.82, 2.24) is 25.9 Å². The molecule has 0 radical (unpaired) electrons. The monoisotopic (exact) mass is 463 g/mol. The van der Waals surface area contributed by atoms with Gasteiger partial charge in [0, 0.05) is 12.4 Å². The minimum Gasteiger partial charge on any atom is -0.426 e. The number of aromatic nitrogens is 2. The van der Waals surface area contributed by atoms with Gasteiger partial charge in [0.25, 0.3) is 5.91 Å². The maximum atomic E-state index is 13.1. The maximum absolute atomic E-state index is 13.1. The molecule has 0 aliphatic rings. The number of amides is 3. The zero-order chi connectivity index (χ0) is 25.1. The van der Waals surface area contributed by atoms with E-state index in [0.29, 0.717) is 19.3 Å². The molecule has 11 heteroatoms. The minimum absolute atomic E-state index is 0.0846. The zero-order valence-electron chi connectivity index (χ0n) is 20.4. The Labute approximate surface area is 196 Å². The van der Waals surface area contributed by atoms with Gasteiger partial charge in [0.15, 0.2) is 0 Å². The molecule has 0 fully saturated rings. The predicted octanol–water partition coefficient (Wildman–Crippen LogP) is 0.695. The molecule has 5 N–H and O–H groups in total. The van der Waals surface area contributed by atoms with Crippen molar-refractivity contribution in [1.29, 1.82) is 0 Å². The fraction of sp³-hybridized carbons (Fsp3) is 0.682. The van der Waals surface area contributed by atoms with Gasteiger partial charge in [0.05, 0.1) is 12.1 Å². The molecule has 0 aliphatic heterocycles. The summed E-state index contributed by atoms with van der Waals surface area (Å²) in [5.74, 6) is -2.07. The van der Waals surface area contributed by atoms with E-state index in [4.69, 9.17) is 0 Å². The number of rotatable bonds is 13. The van der Waals surface area contributed by atoms with E-state index in [0.717, 1.165) is 0 Å². The second-order valence-corrected chi connectivity index (χ2v) is 9.60. The van der Waals surface area contributed by atoms with Gasteiger partial charge in [-0.2, -0.15) is 0 Å². The van der Waals surface area contributed by atoms with Gasteiger partial charge in [-0.3, -0.25) is 19.4 Å². The first-order valence-corrected chi connectivity index (χ1v) is 11.4. The fourth-order valence-corrected chi connectivity index (χ4v) is 3.37. The number of carbonyl (C=O) groups excluding carboxylic acids is 3. The molecule has 0 bridgehead atoms. The highest BCUT2D eigenvalue weighted by atomic mass is 16.4. The highest BCUT2D eigenvalue weighted by molar-refractivity contribution is 6.43. The van der Waals surface area contributed by atoms with Gasteiger partial charge in [-0.15, -0.1) is 0 Å². The normalized spacial score (nSPS) is 14.0.